The Morgan fingerprint density at radius 1 is 1.26 bits per heavy atom. The van der Waals surface area contributed by atoms with Crippen LogP contribution in [0.3, 0.4) is 0 Å². The van der Waals surface area contributed by atoms with Crippen molar-refractivity contribution in [2.24, 2.45) is 0 Å². The van der Waals surface area contributed by atoms with Crippen molar-refractivity contribution in [2.45, 2.75) is 44.8 Å². The van der Waals surface area contributed by atoms with Crippen molar-refractivity contribution in [3.05, 3.63) is 28.8 Å². The van der Waals surface area contributed by atoms with Gasteiger partial charge in [0.05, 0.1) is 6.10 Å². The molecule has 1 saturated heterocycles. The van der Waals surface area contributed by atoms with Gasteiger partial charge in [0.15, 0.2) is 0 Å². The minimum absolute atomic E-state index is 0.0286. The van der Waals surface area contributed by atoms with Crippen molar-refractivity contribution >= 4 is 0 Å². The lowest BCUT2D eigenvalue weighted by Gasteiger charge is -2.44. The molecule has 0 aromatic heterocycles. The first kappa shape index (κ1) is 12.9. The second-order valence-electron chi connectivity index (χ2n) is 5.96. The van der Waals surface area contributed by atoms with Gasteiger partial charge in [-0.2, -0.15) is 0 Å². The summed E-state index contributed by atoms with van der Waals surface area (Å²) < 4.78 is 12.2. The van der Waals surface area contributed by atoms with Crippen LogP contribution in [0.4, 0.5) is 0 Å². The van der Waals surface area contributed by atoms with Crippen LogP contribution in [0.15, 0.2) is 12.1 Å². The van der Waals surface area contributed by atoms with Crippen molar-refractivity contribution in [2.75, 3.05) is 20.2 Å². The molecule has 1 unspecified atom stereocenters. The molecule has 1 aromatic rings. The predicted molar refractivity (Wildman–Crippen MR) is 75.7 cm³/mol. The molecular weight excluding hydrogens is 238 g/mol. The SMILES string of the molecule is COC1CC2(CCNCC2)Oc2cc(C)cc(C)c21. The minimum atomic E-state index is -0.0286. The molecule has 1 N–H and O–H groups in total. The van der Waals surface area contributed by atoms with Gasteiger partial charge in [0, 0.05) is 19.1 Å². The van der Waals surface area contributed by atoms with Gasteiger partial charge in [0.2, 0.25) is 0 Å². The molecule has 2 aliphatic rings. The van der Waals surface area contributed by atoms with E-state index < -0.39 is 0 Å². The van der Waals surface area contributed by atoms with Crippen LogP contribution in [0.5, 0.6) is 5.75 Å². The van der Waals surface area contributed by atoms with Crippen LogP contribution in [0.2, 0.25) is 0 Å². The van der Waals surface area contributed by atoms with E-state index >= 15 is 0 Å². The highest BCUT2D eigenvalue weighted by molar-refractivity contribution is 5.46. The lowest BCUT2D eigenvalue weighted by Crippen LogP contribution is -2.49. The number of hydrogen-bond acceptors (Lipinski definition) is 3. The molecule has 0 aliphatic carbocycles. The summed E-state index contributed by atoms with van der Waals surface area (Å²) >= 11 is 0. The third-order valence-electron chi connectivity index (χ3n) is 4.50. The number of piperidine rings is 1. The average molecular weight is 261 g/mol. The summed E-state index contributed by atoms with van der Waals surface area (Å²) in [5.74, 6) is 1.04. The largest absolute Gasteiger partial charge is 0.487 e. The molecule has 1 atom stereocenters. The zero-order chi connectivity index (χ0) is 13.5. The highest BCUT2D eigenvalue weighted by Gasteiger charge is 2.42. The highest BCUT2D eigenvalue weighted by Crippen LogP contribution is 2.46. The van der Waals surface area contributed by atoms with Gasteiger partial charge in [0.1, 0.15) is 11.4 Å². The number of nitrogens with one attached hydrogen (secondary N) is 1. The van der Waals surface area contributed by atoms with Gasteiger partial charge in [-0.15, -0.1) is 0 Å². The molecule has 3 rings (SSSR count). The van der Waals surface area contributed by atoms with E-state index in [-0.39, 0.29) is 11.7 Å². The molecule has 2 aliphatic heterocycles. The Morgan fingerprint density at radius 2 is 2.00 bits per heavy atom. The van der Waals surface area contributed by atoms with Gasteiger partial charge in [-0.05, 0) is 57.0 Å². The topological polar surface area (TPSA) is 30.5 Å². The van der Waals surface area contributed by atoms with E-state index in [0.717, 1.165) is 38.1 Å². The summed E-state index contributed by atoms with van der Waals surface area (Å²) in [6, 6.07) is 4.38. The first-order chi connectivity index (χ1) is 9.13. The Labute approximate surface area is 115 Å². The third-order valence-corrected chi connectivity index (χ3v) is 4.50. The molecular formula is C16H23NO2. The Kier molecular flexibility index (Phi) is 3.27. The van der Waals surface area contributed by atoms with E-state index in [1.54, 1.807) is 0 Å². The molecule has 0 bridgehead atoms. The summed E-state index contributed by atoms with van der Waals surface area (Å²) in [5, 5.41) is 3.42. The summed E-state index contributed by atoms with van der Waals surface area (Å²) in [4.78, 5) is 0. The van der Waals surface area contributed by atoms with E-state index in [0.29, 0.717) is 0 Å². The molecule has 1 fully saturated rings. The van der Waals surface area contributed by atoms with Crippen molar-refractivity contribution in [3.8, 4) is 5.75 Å². The lowest BCUT2D eigenvalue weighted by molar-refractivity contribution is -0.0482. The predicted octanol–water partition coefficient (Wildman–Crippen LogP) is 2.90. The monoisotopic (exact) mass is 261 g/mol. The molecule has 104 valence electrons. The molecule has 1 aromatic carbocycles. The van der Waals surface area contributed by atoms with Crippen LogP contribution in [0, 0.1) is 13.8 Å². The van der Waals surface area contributed by atoms with Gasteiger partial charge in [-0.25, -0.2) is 0 Å². The fraction of sp³-hybridized carbons (Fsp3) is 0.625. The van der Waals surface area contributed by atoms with E-state index in [4.69, 9.17) is 9.47 Å². The Bertz CT molecular complexity index is 478. The fourth-order valence-corrected chi connectivity index (χ4v) is 3.54. The number of aryl methyl sites for hydroxylation is 2. The molecule has 0 saturated carbocycles. The van der Waals surface area contributed by atoms with Crippen molar-refractivity contribution in [1.82, 2.24) is 5.32 Å². The first-order valence-electron chi connectivity index (χ1n) is 7.17. The fourth-order valence-electron chi connectivity index (χ4n) is 3.54. The summed E-state index contributed by atoms with van der Waals surface area (Å²) in [6.45, 7) is 6.36. The van der Waals surface area contributed by atoms with Gasteiger partial charge in [-0.3, -0.25) is 0 Å². The third kappa shape index (κ3) is 2.26. The second kappa shape index (κ2) is 4.80. The maximum Gasteiger partial charge on any atom is 0.126 e. The van der Waals surface area contributed by atoms with E-state index in [2.05, 4.69) is 31.3 Å². The zero-order valence-corrected chi connectivity index (χ0v) is 12.1. The lowest BCUT2D eigenvalue weighted by atomic mass is 9.81. The maximum atomic E-state index is 6.43. The number of methoxy groups -OCH3 is 1. The molecule has 19 heavy (non-hydrogen) atoms. The quantitative estimate of drug-likeness (QED) is 0.843. The first-order valence-corrected chi connectivity index (χ1v) is 7.17. The van der Waals surface area contributed by atoms with Gasteiger partial charge in [0.25, 0.3) is 0 Å². The maximum absolute atomic E-state index is 6.43. The van der Waals surface area contributed by atoms with Gasteiger partial charge >= 0.3 is 0 Å². The number of ether oxygens (including phenoxy) is 2. The standard InChI is InChI=1S/C16H23NO2/c1-11-8-12(2)15-13(9-11)19-16(10-14(15)18-3)4-6-17-7-5-16/h8-9,14,17H,4-7,10H2,1-3H3. The molecule has 3 heteroatoms. The smallest absolute Gasteiger partial charge is 0.126 e. The van der Waals surface area contributed by atoms with Gasteiger partial charge < -0.3 is 14.8 Å². The van der Waals surface area contributed by atoms with Crippen LogP contribution >= 0.6 is 0 Å². The van der Waals surface area contributed by atoms with Gasteiger partial charge in [-0.1, -0.05) is 6.07 Å². The summed E-state index contributed by atoms with van der Waals surface area (Å²) in [7, 11) is 1.81. The summed E-state index contributed by atoms with van der Waals surface area (Å²) in [5.41, 5.74) is 3.76. The van der Waals surface area contributed by atoms with Crippen LogP contribution < -0.4 is 10.1 Å². The molecule has 1 spiro atoms. The second-order valence-corrected chi connectivity index (χ2v) is 5.96. The van der Waals surface area contributed by atoms with Crippen molar-refractivity contribution in [1.29, 1.82) is 0 Å². The molecule has 3 nitrogen and oxygen atoms in total. The van der Waals surface area contributed by atoms with Crippen LogP contribution in [-0.4, -0.2) is 25.8 Å². The molecule has 2 heterocycles. The van der Waals surface area contributed by atoms with Crippen molar-refractivity contribution in [3.63, 3.8) is 0 Å². The Morgan fingerprint density at radius 3 is 2.68 bits per heavy atom. The summed E-state index contributed by atoms with van der Waals surface area (Å²) in [6.07, 6.45) is 3.28. The normalized spacial score (nSPS) is 24.9. The average Bonchev–Trinajstić information content (AvgIpc) is 2.37. The number of benzene rings is 1. The zero-order valence-electron chi connectivity index (χ0n) is 12.1. The number of fused-ring (bicyclic) bond motifs is 1. The van der Waals surface area contributed by atoms with Crippen LogP contribution in [0.25, 0.3) is 0 Å². The Balaban J connectivity index is 2.02. The van der Waals surface area contributed by atoms with Crippen LogP contribution in [-0.2, 0) is 4.74 Å². The van der Waals surface area contributed by atoms with Crippen LogP contribution in [0.1, 0.15) is 42.1 Å². The number of hydrogen-bond donors (Lipinski definition) is 1. The Hall–Kier alpha value is -1.06. The van der Waals surface area contributed by atoms with E-state index in [9.17, 15) is 0 Å². The van der Waals surface area contributed by atoms with E-state index in [1.807, 2.05) is 7.11 Å². The van der Waals surface area contributed by atoms with Crippen molar-refractivity contribution < 1.29 is 9.47 Å². The number of rotatable bonds is 1. The molecule has 0 amide bonds. The minimum Gasteiger partial charge on any atom is -0.487 e. The highest BCUT2D eigenvalue weighted by atomic mass is 16.5. The van der Waals surface area contributed by atoms with E-state index in [1.165, 1.54) is 16.7 Å². The molecule has 0 radical (unpaired) electrons.